The lowest BCUT2D eigenvalue weighted by molar-refractivity contribution is -0.142. The molecule has 0 radical (unpaired) electrons. The van der Waals surface area contributed by atoms with E-state index in [4.69, 9.17) is 15.2 Å². The molecular formula is C15H27N3O5. The summed E-state index contributed by atoms with van der Waals surface area (Å²) in [6.45, 7) is 6.49. The zero-order valence-electron chi connectivity index (χ0n) is 14.3. The van der Waals surface area contributed by atoms with Crippen LogP contribution in [0.25, 0.3) is 0 Å². The lowest BCUT2D eigenvalue weighted by atomic mass is 9.91. The van der Waals surface area contributed by atoms with E-state index in [2.05, 4.69) is 5.32 Å². The molecule has 132 valence electrons. The summed E-state index contributed by atoms with van der Waals surface area (Å²) in [5.74, 6) is -0.776. The molecule has 8 heteroatoms. The monoisotopic (exact) mass is 329 g/mol. The molecule has 2 unspecified atom stereocenters. The molecule has 0 aliphatic carbocycles. The van der Waals surface area contributed by atoms with Gasteiger partial charge in [0.05, 0.1) is 13.7 Å². The van der Waals surface area contributed by atoms with E-state index in [9.17, 15) is 14.4 Å². The predicted octanol–water partition coefficient (Wildman–Crippen LogP) is 0.250. The predicted molar refractivity (Wildman–Crippen MR) is 83.5 cm³/mol. The number of carbonyl (C=O) groups excluding carboxylic acids is 3. The summed E-state index contributed by atoms with van der Waals surface area (Å²) in [6.07, 6.45) is 0.335. The highest BCUT2D eigenvalue weighted by Gasteiger charge is 2.31. The Hall–Kier alpha value is -1.83. The van der Waals surface area contributed by atoms with E-state index in [0.29, 0.717) is 19.5 Å². The molecule has 1 aliphatic rings. The van der Waals surface area contributed by atoms with Crippen LogP contribution in [-0.2, 0) is 19.1 Å². The fourth-order valence-electron chi connectivity index (χ4n) is 2.70. The van der Waals surface area contributed by atoms with Crippen molar-refractivity contribution in [3.63, 3.8) is 0 Å². The van der Waals surface area contributed by atoms with Gasteiger partial charge in [-0.2, -0.15) is 0 Å². The number of nitrogens with zero attached hydrogens (tertiary/aromatic N) is 1. The normalized spacial score (nSPS) is 22.3. The van der Waals surface area contributed by atoms with Crippen molar-refractivity contribution in [3.8, 4) is 0 Å². The highest BCUT2D eigenvalue weighted by atomic mass is 16.6. The van der Waals surface area contributed by atoms with Crippen LogP contribution in [0.1, 0.15) is 33.6 Å². The summed E-state index contributed by atoms with van der Waals surface area (Å²) in [7, 11) is 1.34. The van der Waals surface area contributed by atoms with Gasteiger partial charge in [0.15, 0.2) is 0 Å². The molecule has 1 rings (SSSR count). The zero-order valence-corrected chi connectivity index (χ0v) is 14.3. The Morgan fingerprint density at radius 1 is 1.26 bits per heavy atom. The Kier molecular flexibility index (Phi) is 6.80. The first-order valence-electron chi connectivity index (χ1n) is 7.66. The summed E-state index contributed by atoms with van der Waals surface area (Å²) in [6, 6.07) is -0.215. The number of likely N-dealkylation sites (tertiary alicyclic amines) is 1. The van der Waals surface area contributed by atoms with E-state index in [1.54, 1.807) is 20.8 Å². The van der Waals surface area contributed by atoms with Crippen molar-refractivity contribution in [2.75, 3.05) is 26.7 Å². The Bertz CT molecular complexity index is 447. The second-order valence-electron chi connectivity index (χ2n) is 6.89. The molecule has 2 amide bonds. The summed E-state index contributed by atoms with van der Waals surface area (Å²) in [5, 5.41) is 2.79. The van der Waals surface area contributed by atoms with Crippen LogP contribution in [0.4, 0.5) is 4.79 Å². The number of hydrogen-bond donors (Lipinski definition) is 2. The molecule has 8 nitrogen and oxygen atoms in total. The van der Waals surface area contributed by atoms with Gasteiger partial charge >= 0.3 is 12.1 Å². The van der Waals surface area contributed by atoms with Gasteiger partial charge in [0.1, 0.15) is 5.60 Å². The summed E-state index contributed by atoms with van der Waals surface area (Å²) >= 11 is 0. The van der Waals surface area contributed by atoms with Gasteiger partial charge in [-0.15, -0.1) is 0 Å². The van der Waals surface area contributed by atoms with Crippen molar-refractivity contribution in [2.45, 2.75) is 45.3 Å². The second kappa shape index (κ2) is 8.14. The van der Waals surface area contributed by atoms with Crippen LogP contribution >= 0.6 is 0 Å². The van der Waals surface area contributed by atoms with Crippen molar-refractivity contribution in [1.29, 1.82) is 0 Å². The standard InChI is InChI=1S/C15H27N3O5/c1-15(2,3)23-14(21)17-11-5-10(6-13(20)22-4)7-18(8-11)9-12(16)19/h10-11H,5-9H2,1-4H3,(H2,16,19)(H,17,21). The van der Waals surface area contributed by atoms with Crippen molar-refractivity contribution in [1.82, 2.24) is 10.2 Å². The number of rotatable bonds is 5. The molecule has 1 heterocycles. The Balaban J connectivity index is 2.66. The van der Waals surface area contributed by atoms with Gasteiger partial charge in [0, 0.05) is 25.6 Å². The minimum Gasteiger partial charge on any atom is -0.469 e. The highest BCUT2D eigenvalue weighted by molar-refractivity contribution is 5.76. The SMILES string of the molecule is COC(=O)CC1CC(NC(=O)OC(C)(C)C)CN(CC(N)=O)C1. The molecule has 0 bridgehead atoms. The van der Waals surface area contributed by atoms with Gasteiger partial charge in [0.2, 0.25) is 5.91 Å². The summed E-state index contributed by atoms with van der Waals surface area (Å²) < 4.78 is 9.93. The van der Waals surface area contributed by atoms with E-state index >= 15 is 0 Å². The van der Waals surface area contributed by atoms with Gasteiger partial charge in [-0.1, -0.05) is 0 Å². The molecule has 0 spiro atoms. The smallest absolute Gasteiger partial charge is 0.407 e. The van der Waals surface area contributed by atoms with Crippen molar-refractivity contribution in [2.24, 2.45) is 11.7 Å². The van der Waals surface area contributed by atoms with Gasteiger partial charge in [-0.05, 0) is 33.1 Å². The first kappa shape index (κ1) is 19.2. The van der Waals surface area contributed by atoms with Crippen LogP contribution < -0.4 is 11.1 Å². The first-order valence-corrected chi connectivity index (χ1v) is 7.66. The van der Waals surface area contributed by atoms with Crippen LogP contribution in [0.2, 0.25) is 0 Å². The molecule has 0 saturated carbocycles. The number of methoxy groups -OCH3 is 1. The Labute approximate surface area is 136 Å². The number of piperidine rings is 1. The van der Waals surface area contributed by atoms with E-state index < -0.39 is 17.6 Å². The van der Waals surface area contributed by atoms with Crippen LogP contribution in [0, 0.1) is 5.92 Å². The number of carbonyl (C=O) groups is 3. The summed E-state index contributed by atoms with van der Waals surface area (Å²) in [5.41, 5.74) is 4.66. The van der Waals surface area contributed by atoms with Crippen LogP contribution in [0.3, 0.4) is 0 Å². The third-order valence-corrected chi connectivity index (χ3v) is 3.40. The minimum atomic E-state index is -0.586. The average molecular weight is 329 g/mol. The van der Waals surface area contributed by atoms with E-state index in [-0.39, 0.29) is 30.9 Å². The third kappa shape index (κ3) is 7.83. The van der Waals surface area contributed by atoms with E-state index in [1.165, 1.54) is 7.11 Å². The Morgan fingerprint density at radius 3 is 2.43 bits per heavy atom. The number of primary amides is 1. The molecule has 23 heavy (non-hydrogen) atoms. The van der Waals surface area contributed by atoms with Gasteiger partial charge in [0.25, 0.3) is 0 Å². The van der Waals surface area contributed by atoms with Gasteiger partial charge in [-0.3, -0.25) is 14.5 Å². The molecule has 1 fully saturated rings. The van der Waals surface area contributed by atoms with E-state index in [1.807, 2.05) is 4.90 Å². The molecule has 0 aromatic heterocycles. The maximum Gasteiger partial charge on any atom is 0.407 e. The van der Waals surface area contributed by atoms with Crippen LogP contribution in [-0.4, -0.2) is 61.3 Å². The summed E-state index contributed by atoms with van der Waals surface area (Å²) in [4.78, 5) is 36.4. The number of amides is 2. The van der Waals surface area contributed by atoms with Crippen LogP contribution in [0.15, 0.2) is 0 Å². The number of nitrogens with one attached hydrogen (secondary N) is 1. The second-order valence-corrected chi connectivity index (χ2v) is 6.89. The number of esters is 1. The first-order chi connectivity index (χ1) is 10.6. The number of nitrogens with two attached hydrogens (primary N) is 1. The largest absolute Gasteiger partial charge is 0.469 e. The third-order valence-electron chi connectivity index (χ3n) is 3.40. The Morgan fingerprint density at radius 2 is 1.91 bits per heavy atom. The van der Waals surface area contributed by atoms with Crippen molar-refractivity contribution >= 4 is 18.0 Å². The topological polar surface area (TPSA) is 111 Å². The quantitative estimate of drug-likeness (QED) is 0.700. The number of ether oxygens (including phenoxy) is 2. The lowest BCUT2D eigenvalue weighted by Gasteiger charge is -2.37. The fraction of sp³-hybridized carbons (Fsp3) is 0.800. The van der Waals surface area contributed by atoms with Gasteiger partial charge < -0.3 is 20.5 Å². The minimum absolute atomic E-state index is 0.0181. The molecule has 0 aromatic carbocycles. The van der Waals surface area contributed by atoms with E-state index in [0.717, 1.165) is 0 Å². The molecule has 2 atom stereocenters. The van der Waals surface area contributed by atoms with Crippen LogP contribution in [0.5, 0.6) is 0 Å². The fourth-order valence-corrected chi connectivity index (χ4v) is 2.70. The molecule has 1 aliphatic heterocycles. The molecule has 3 N–H and O–H groups in total. The average Bonchev–Trinajstić information content (AvgIpc) is 2.34. The highest BCUT2D eigenvalue weighted by Crippen LogP contribution is 2.21. The zero-order chi connectivity index (χ0) is 17.6. The number of alkyl carbamates (subject to hydrolysis) is 1. The maximum atomic E-state index is 11.9. The molecule has 1 saturated heterocycles. The van der Waals surface area contributed by atoms with Crippen molar-refractivity contribution in [3.05, 3.63) is 0 Å². The molecular weight excluding hydrogens is 302 g/mol. The lowest BCUT2D eigenvalue weighted by Crippen LogP contribution is -2.53. The van der Waals surface area contributed by atoms with Gasteiger partial charge in [-0.25, -0.2) is 4.79 Å². The molecule has 0 aromatic rings. The van der Waals surface area contributed by atoms with Crippen molar-refractivity contribution < 1.29 is 23.9 Å². The maximum absolute atomic E-state index is 11.9. The number of hydrogen-bond acceptors (Lipinski definition) is 6.